The Kier molecular flexibility index (Phi) is 3.54. The van der Waals surface area contributed by atoms with Gasteiger partial charge >= 0.3 is 0 Å². The summed E-state index contributed by atoms with van der Waals surface area (Å²) < 4.78 is 1.71. The molecule has 0 radical (unpaired) electrons. The first-order chi connectivity index (χ1) is 8.25. The van der Waals surface area contributed by atoms with E-state index in [2.05, 4.69) is 5.10 Å². The van der Waals surface area contributed by atoms with E-state index in [9.17, 15) is 4.79 Å². The first-order valence-electron chi connectivity index (χ1n) is 5.73. The molecule has 0 spiro atoms. The van der Waals surface area contributed by atoms with E-state index in [1.165, 1.54) is 0 Å². The number of amides is 1. The first-order valence-corrected chi connectivity index (χ1v) is 5.73. The SMILES string of the molecule is Cl.N[C@@H]1CCN(C(=O)c2cnn3ccccc23)C1. The number of rotatable bonds is 1. The van der Waals surface area contributed by atoms with Gasteiger partial charge in [0.05, 0.1) is 17.3 Å². The minimum atomic E-state index is 0. The number of aromatic nitrogens is 2. The molecule has 5 nitrogen and oxygen atoms in total. The van der Waals surface area contributed by atoms with E-state index in [4.69, 9.17) is 5.73 Å². The van der Waals surface area contributed by atoms with Crippen LogP contribution in [0, 0.1) is 0 Å². The zero-order valence-corrected chi connectivity index (χ0v) is 10.6. The normalized spacial score (nSPS) is 18.9. The lowest BCUT2D eigenvalue weighted by Gasteiger charge is -2.14. The highest BCUT2D eigenvalue weighted by Crippen LogP contribution is 2.16. The average Bonchev–Trinajstić information content (AvgIpc) is 2.94. The van der Waals surface area contributed by atoms with Crippen LogP contribution in [0.3, 0.4) is 0 Å². The summed E-state index contributed by atoms with van der Waals surface area (Å²) in [5.41, 5.74) is 7.31. The Morgan fingerprint density at radius 2 is 2.28 bits per heavy atom. The molecule has 1 saturated heterocycles. The van der Waals surface area contributed by atoms with E-state index in [0.29, 0.717) is 12.1 Å². The van der Waals surface area contributed by atoms with Gasteiger partial charge in [-0.25, -0.2) is 4.52 Å². The number of fused-ring (bicyclic) bond motifs is 1. The lowest BCUT2D eigenvalue weighted by atomic mass is 10.2. The van der Waals surface area contributed by atoms with Gasteiger partial charge in [-0.3, -0.25) is 4.79 Å². The minimum absolute atomic E-state index is 0. The standard InChI is InChI=1S/C12H14N4O.ClH/c13-9-4-6-15(8-9)12(17)10-7-14-16-5-2-1-3-11(10)16;/h1-3,5,7,9H,4,6,8,13H2;1H/t9-;/m1./s1. The molecule has 0 unspecified atom stereocenters. The third-order valence-electron chi connectivity index (χ3n) is 3.17. The number of likely N-dealkylation sites (tertiary alicyclic amines) is 1. The minimum Gasteiger partial charge on any atom is -0.337 e. The number of nitrogens with two attached hydrogens (primary N) is 1. The molecule has 0 bridgehead atoms. The maximum Gasteiger partial charge on any atom is 0.257 e. The van der Waals surface area contributed by atoms with Gasteiger partial charge in [-0.1, -0.05) is 6.07 Å². The number of nitrogens with zero attached hydrogens (tertiary/aromatic N) is 3. The van der Waals surface area contributed by atoms with Crippen LogP contribution < -0.4 is 5.73 Å². The van der Waals surface area contributed by atoms with Crippen LogP contribution in [0.15, 0.2) is 30.6 Å². The van der Waals surface area contributed by atoms with E-state index in [1.807, 2.05) is 24.4 Å². The van der Waals surface area contributed by atoms with Crippen molar-refractivity contribution in [1.29, 1.82) is 0 Å². The average molecular weight is 267 g/mol. The molecule has 3 rings (SSSR count). The second-order valence-corrected chi connectivity index (χ2v) is 4.39. The molecule has 1 aliphatic heterocycles. The van der Waals surface area contributed by atoms with Crippen molar-refractivity contribution in [2.75, 3.05) is 13.1 Å². The Morgan fingerprint density at radius 3 is 3.00 bits per heavy atom. The van der Waals surface area contributed by atoms with Crippen molar-refractivity contribution >= 4 is 23.8 Å². The molecule has 3 heterocycles. The van der Waals surface area contributed by atoms with Crippen molar-refractivity contribution in [3.05, 3.63) is 36.2 Å². The first kappa shape index (κ1) is 12.9. The molecule has 1 atom stereocenters. The number of hydrogen-bond donors (Lipinski definition) is 1. The number of carbonyl (C=O) groups is 1. The number of carbonyl (C=O) groups excluding carboxylic acids is 1. The summed E-state index contributed by atoms with van der Waals surface area (Å²) in [7, 11) is 0. The van der Waals surface area contributed by atoms with Crippen LogP contribution in [-0.4, -0.2) is 39.6 Å². The number of halogens is 1. The summed E-state index contributed by atoms with van der Waals surface area (Å²) in [6, 6.07) is 5.81. The number of pyridine rings is 1. The Hall–Kier alpha value is -1.59. The van der Waals surface area contributed by atoms with Crippen LogP contribution in [0.1, 0.15) is 16.8 Å². The van der Waals surface area contributed by atoms with Crippen molar-refractivity contribution in [3.8, 4) is 0 Å². The lowest BCUT2D eigenvalue weighted by Crippen LogP contribution is -2.31. The van der Waals surface area contributed by atoms with Gasteiger partial charge in [0.2, 0.25) is 0 Å². The summed E-state index contributed by atoms with van der Waals surface area (Å²) in [6.45, 7) is 1.38. The van der Waals surface area contributed by atoms with E-state index in [1.54, 1.807) is 15.6 Å². The van der Waals surface area contributed by atoms with Crippen molar-refractivity contribution in [1.82, 2.24) is 14.5 Å². The van der Waals surface area contributed by atoms with Gasteiger partial charge in [0.15, 0.2) is 0 Å². The lowest BCUT2D eigenvalue weighted by molar-refractivity contribution is 0.0793. The molecule has 6 heteroatoms. The molecule has 2 aromatic heterocycles. The maximum atomic E-state index is 12.3. The number of hydrogen-bond acceptors (Lipinski definition) is 3. The maximum absolute atomic E-state index is 12.3. The van der Waals surface area contributed by atoms with Gasteiger partial charge < -0.3 is 10.6 Å². The third-order valence-corrected chi connectivity index (χ3v) is 3.17. The van der Waals surface area contributed by atoms with Crippen molar-refractivity contribution in [2.24, 2.45) is 5.73 Å². The molecule has 0 aromatic carbocycles. The molecular weight excluding hydrogens is 252 g/mol. The monoisotopic (exact) mass is 266 g/mol. The van der Waals surface area contributed by atoms with E-state index in [-0.39, 0.29) is 24.4 Å². The van der Waals surface area contributed by atoms with E-state index >= 15 is 0 Å². The van der Waals surface area contributed by atoms with Crippen molar-refractivity contribution < 1.29 is 4.79 Å². The Bertz CT molecular complexity index is 568. The van der Waals surface area contributed by atoms with Crippen LogP contribution in [0.25, 0.3) is 5.52 Å². The van der Waals surface area contributed by atoms with Gasteiger partial charge in [-0.15, -0.1) is 12.4 Å². The zero-order chi connectivity index (χ0) is 11.8. The topological polar surface area (TPSA) is 63.6 Å². The van der Waals surface area contributed by atoms with Gasteiger partial charge in [0.1, 0.15) is 0 Å². The van der Waals surface area contributed by atoms with Gasteiger partial charge in [0.25, 0.3) is 5.91 Å². The highest BCUT2D eigenvalue weighted by Gasteiger charge is 2.26. The molecule has 18 heavy (non-hydrogen) atoms. The molecule has 1 amide bonds. The van der Waals surface area contributed by atoms with Crippen LogP contribution >= 0.6 is 12.4 Å². The second-order valence-electron chi connectivity index (χ2n) is 4.39. The largest absolute Gasteiger partial charge is 0.337 e. The molecular formula is C12H15ClN4O. The van der Waals surface area contributed by atoms with Gasteiger partial charge in [0, 0.05) is 25.3 Å². The summed E-state index contributed by atoms with van der Waals surface area (Å²) in [4.78, 5) is 14.1. The predicted molar refractivity (Wildman–Crippen MR) is 70.9 cm³/mol. The van der Waals surface area contributed by atoms with E-state index < -0.39 is 0 Å². The highest BCUT2D eigenvalue weighted by atomic mass is 35.5. The smallest absolute Gasteiger partial charge is 0.257 e. The molecule has 2 aromatic rings. The van der Waals surface area contributed by atoms with Gasteiger partial charge in [-0.2, -0.15) is 5.10 Å². The molecule has 1 aliphatic rings. The predicted octanol–water partition coefficient (Wildman–Crippen LogP) is 0.929. The summed E-state index contributed by atoms with van der Waals surface area (Å²) in [5.74, 6) is 0.0270. The molecule has 0 aliphatic carbocycles. The Labute approximate surface area is 111 Å². The zero-order valence-electron chi connectivity index (χ0n) is 9.82. The molecule has 1 fully saturated rings. The van der Waals surface area contributed by atoms with Gasteiger partial charge in [-0.05, 0) is 18.6 Å². The summed E-state index contributed by atoms with van der Waals surface area (Å²) in [5, 5.41) is 4.17. The second kappa shape index (κ2) is 4.96. The fraction of sp³-hybridized carbons (Fsp3) is 0.333. The Morgan fingerprint density at radius 1 is 1.44 bits per heavy atom. The highest BCUT2D eigenvalue weighted by molar-refractivity contribution is 6.00. The summed E-state index contributed by atoms with van der Waals surface area (Å²) in [6.07, 6.45) is 4.34. The molecule has 2 N–H and O–H groups in total. The molecule has 0 saturated carbocycles. The quantitative estimate of drug-likeness (QED) is 0.835. The van der Waals surface area contributed by atoms with Crippen LogP contribution in [-0.2, 0) is 0 Å². The van der Waals surface area contributed by atoms with Crippen molar-refractivity contribution in [3.63, 3.8) is 0 Å². The van der Waals surface area contributed by atoms with E-state index in [0.717, 1.165) is 18.5 Å². The van der Waals surface area contributed by atoms with Crippen LogP contribution in [0.5, 0.6) is 0 Å². The third kappa shape index (κ3) is 2.07. The van der Waals surface area contributed by atoms with Crippen LogP contribution in [0.2, 0.25) is 0 Å². The van der Waals surface area contributed by atoms with Crippen LogP contribution in [0.4, 0.5) is 0 Å². The fourth-order valence-corrected chi connectivity index (χ4v) is 2.24. The molecule has 96 valence electrons. The van der Waals surface area contributed by atoms with Crippen molar-refractivity contribution in [2.45, 2.75) is 12.5 Å². The Balaban J connectivity index is 0.00000120. The summed E-state index contributed by atoms with van der Waals surface area (Å²) >= 11 is 0. The fourth-order valence-electron chi connectivity index (χ4n) is 2.24.